The third-order valence-electron chi connectivity index (χ3n) is 6.39. The maximum absolute atomic E-state index is 14.5. The average molecular weight is 563 g/mol. The maximum atomic E-state index is 14.5. The van der Waals surface area contributed by atoms with E-state index in [4.69, 9.17) is 9.47 Å². The summed E-state index contributed by atoms with van der Waals surface area (Å²) in [6, 6.07) is 3.63. The molecular formula is C23H30F4N6O4S. The van der Waals surface area contributed by atoms with Gasteiger partial charge in [0.15, 0.2) is 6.61 Å². The number of ether oxygens (including phenoxy) is 2. The van der Waals surface area contributed by atoms with Crippen molar-refractivity contribution in [1.82, 2.24) is 19.9 Å². The molecule has 2 N–H and O–H groups in total. The van der Waals surface area contributed by atoms with Gasteiger partial charge in [-0.05, 0) is 43.9 Å². The van der Waals surface area contributed by atoms with Gasteiger partial charge in [0, 0.05) is 43.2 Å². The SMILES string of the molecule is CS(=O)(=O)C1CCC(Nc2nc(Nc3ccc(F)c(CN4CCOCC4)c3)nc(OCC(F)(F)F)n2)CC1. The number of halogens is 4. The molecular weight excluding hydrogens is 532 g/mol. The molecule has 1 aliphatic heterocycles. The highest BCUT2D eigenvalue weighted by atomic mass is 32.2. The lowest BCUT2D eigenvalue weighted by molar-refractivity contribution is -0.154. The highest BCUT2D eigenvalue weighted by molar-refractivity contribution is 7.91. The second kappa shape index (κ2) is 11.9. The van der Waals surface area contributed by atoms with E-state index in [9.17, 15) is 26.0 Å². The second-order valence-corrected chi connectivity index (χ2v) is 11.8. The average Bonchev–Trinajstić information content (AvgIpc) is 2.85. The summed E-state index contributed by atoms with van der Waals surface area (Å²) in [7, 11) is -3.15. The molecule has 210 valence electrons. The lowest BCUT2D eigenvalue weighted by atomic mass is 9.95. The van der Waals surface area contributed by atoms with Crippen LogP contribution in [0.25, 0.3) is 0 Å². The van der Waals surface area contributed by atoms with Gasteiger partial charge in [-0.15, -0.1) is 0 Å². The molecule has 0 bridgehead atoms. The van der Waals surface area contributed by atoms with Crippen molar-refractivity contribution in [2.45, 2.75) is 49.7 Å². The summed E-state index contributed by atoms with van der Waals surface area (Å²) in [5.74, 6) is -0.495. The number of aromatic nitrogens is 3. The third-order valence-corrected chi connectivity index (χ3v) is 8.07. The molecule has 10 nitrogen and oxygen atoms in total. The molecule has 38 heavy (non-hydrogen) atoms. The Bertz CT molecular complexity index is 1200. The van der Waals surface area contributed by atoms with Crippen LogP contribution in [0.2, 0.25) is 0 Å². The van der Waals surface area contributed by atoms with Crippen LogP contribution in [0.3, 0.4) is 0 Å². The zero-order valence-corrected chi connectivity index (χ0v) is 21.6. The molecule has 2 heterocycles. The van der Waals surface area contributed by atoms with Gasteiger partial charge in [0.25, 0.3) is 0 Å². The zero-order valence-electron chi connectivity index (χ0n) is 20.8. The maximum Gasteiger partial charge on any atom is 0.422 e. The number of morpholine rings is 1. The number of nitrogens with zero attached hydrogens (tertiary/aromatic N) is 4. The first-order valence-electron chi connectivity index (χ1n) is 12.2. The Morgan fingerprint density at radius 3 is 2.42 bits per heavy atom. The van der Waals surface area contributed by atoms with Crippen molar-refractivity contribution in [3.63, 3.8) is 0 Å². The molecule has 1 aliphatic carbocycles. The van der Waals surface area contributed by atoms with Crippen LogP contribution >= 0.6 is 0 Å². The van der Waals surface area contributed by atoms with Crippen LogP contribution < -0.4 is 15.4 Å². The van der Waals surface area contributed by atoms with E-state index in [0.717, 1.165) is 0 Å². The van der Waals surface area contributed by atoms with Gasteiger partial charge in [0.05, 0.1) is 18.5 Å². The minimum atomic E-state index is -4.59. The molecule has 0 radical (unpaired) electrons. The van der Waals surface area contributed by atoms with E-state index in [-0.39, 0.29) is 23.8 Å². The quantitative estimate of drug-likeness (QED) is 0.441. The molecule has 0 atom stereocenters. The number of nitrogens with one attached hydrogen (secondary N) is 2. The van der Waals surface area contributed by atoms with Crippen molar-refractivity contribution in [3.8, 4) is 6.01 Å². The normalized spacial score (nSPS) is 21.2. The van der Waals surface area contributed by atoms with Crippen molar-refractivity contribution in [2.24, 2.45) is 0 Å². The summed E-state index contributed by atoms with van der Waals surface area (Å²) in [5, 5.41) is 5.53. The van der Waals surface area contributed by atoms with Crippen LogP contribution in [-0.2, 0) is 21.1 Å². The smallest absolute Gasteiger partial charge is 0.422 e. The van der Waals surface area contributed by atoms with Gasteiger partial charge in [-0.1, -0.05) is 0 Å². The van der Waals surface area contributed by atoms with E-state index in [1.807, 2.05) is 0 Å². The van der Waals surface area contributed by atoms with Crippen molar-refractivity contribution in [3.05, 3.63) is 29.6 Å². The minimum Gasteiger partial charge on any atom is -0.454 e. The van der Waals surface area contributed by atoms with Gasteiger partial charge in [-0.3, -0.25) is 4.90 Å². The molecule has 2 aliphatic rings. The number of alkyl halides is 3. The predicted octanol–water partition coefficient (Wildman–Crippen LogP) is 3.30. The summed E-state index contributed by atoms with van der Waals surface area (Å²) >= 11 is 0. The van der Waals surface area contributed by atoms with Gasteiger partial charge in [0.2, 0.25) is 11.9 Å². The van der Waals surface area contributed by atoms with Gasteiger partial charge in [0.1, 0.15) is 15.7 Å². The summed E-state index contributed by atoms with van der Waals surface area (Å²) in [4.78, 5) is 14.2. The van der Waals surface area contributed by atoms with Crippen molar-refractivity contribution >= 4 is 27.4 Å². The molecule has 0 unspecified atom stereocenters. The Morgan fingerprint density at radius 1 is 1.08 bits per heavy atom. The molecule has 0 amide bonds. The minimum absolute atomic E-state index is 0.0156. The van der Waals surface area contributed by atoms with E-state index < -0.39 is 33.9 Å². The molecule has 2 fully saturated rings. The Kier molecular flexibility index (Phi) is 8.88. The van der Waals surface area contributed by atoms with Crippen LogP contribution in [0, 0.1) is 5.82 Å². The van der Waals surface area contributed by atoms with Crippen LogP contribution in [0.4, 0.5) is 35.1 Å². The Balaban J connectivity index is 1.50. The molecule has 1 aromatic carbocycles. The summed E-state index contributed by atoms with van der Waals surface area (Å²) in [5.41, 5.74) is 0.864. The zero-order chi connectivity index (χ0) is 27.3. The molecule has 4 rings (SSSR count). The van der Waals surface area contributed by atoms with E-state index >= 15 is 0 Å². The fourth-order valence-corrected chi connectivity index (χ4v) is 5.54. The van der Waals surface area contributed by atoms with Gasteiger partial charge < -0.3 is 20.1 Å². The highest BCUT2D eigenvalue weighted by Gasteiger charge is 2.30. The van der Waals surface area contributed by atoms with Crippen LogP contribution in [-0.4, -0.2) is 84.9 Å². The van der Waals surface area contributed by atoms with Crippen molar-refractivity contribution in [2.75, 3.05) is 49.8 Å². The Labute approximate surface area is 218 Å². The highest BCUT2D eigenvalue weighted by Crippen LogP contribution is 2.27. The van der Waals surface area contributed by atoms with E-state index in [1.165, 1.54) is 18.4 Å². The number of anilines is 3. The molecule has 2 aromatic rings. The van der Waals surface area contributed by atoms with Crippen LogP contribution in [0.1, 0.15) is 31.2 Å². The van der Waals surface area contributed by atoms with Gasteiger partial charge in [-0.25, -0.2) is 12.8 Å². The van der Waals surface area contributed by atoms with E-state index in [1.54, 1.807) is 6.07 Å². The number of rotatable bonds is 9. The molecule has 15 heteroatoms. The topological polar surface area (TPSA) is 119 Å². The molecule has 0 spiro atoms. The number of hydrogen-bond acceptors (Lipinski definition) is 10. The van der Waals surface area contributed by atoms with Crippen molar-refractivity contribution in [1.29, 1.82) is 0 Å². The van der Waals surface area contributed by atoms with Crippen LogP contribution in [0.5, 0.6) is 6.01 Å². The fraction of sp³-hybridized carbons (Fsp3) is 0.609. The first kappa shape index (κ1) is 28.2. The monoisotopic (exact) mass is 562 g/mol. The first-order chi connectivity index (χ1) is 17.9. The summed E-state index contributed by atoms with van der Waals surface area (Å²) < 4.78 is 86.4. The van der Waals surface area contributed by atoms with E-state index in [2.05, 4.69) is 30.5 Å². The lowest BCUT2D eigenvalue weighted by Gasteiger charge is -2.28. The number of hydrogen-bond donors (Lipinski definition) is 2. The first-order valence-corrected chi connectivity index (χ1v) is 14.2. The fourth-order valence-electron chi connectivity index (χ4n) is 4.41. The van der Waals surface area contributed by atoms with Crippen molar-refractivity contribution < 1.29 is 35.5 Å². The molecule has 1 aromatic heterocycles. The summed E-state index contributed by atoms with van der Waals surface area (Å²) in [6.45, 7) is 1.26. The largest absolute Gasteiger partial charge is 0.454 e. The van der Waals surface area contributed by atoms with Gasteiger partial charge >= 0.3 is 12.2 Å². The molecule has 1 saturated heterocycles. The Morgan fingerprint density at radius 2 is 1.76 bits per heavy atom. The lowest BCUT2D eigenvalue weighted by Crippen LogP contribution is -2.35. The predicted molar refractivity (Wildman–Crippen MR) is 132 cm³/mol. The molecule has 1 saturated carbocycles. The standard InChI is InChI=1S/C23H30F4N6O4S/c1-38(34,35)18-5-2-16(3-6-18)28-20-30-21(32-22(31-20)37-14-23(25,26)27)29-17-4-7-19(24)15(12-17)13-33-8-10-36-11-9-33/h4,7,12,16,18H,2-3,5-6,8-11,13-14H2,1H3,(H2,28,29,30,31,32). The van der Waals surface area contributed by atoms with Gasteiger partial charge in [-0.2, -0.15) is 28.1 Å². The third kappa shape index (κ3) is 8.36. The number of benzene rings is 1. The van der Waals surface area contributed by atoms with Crippen LogP contribution in [0.15, 0.2) is 18.2 Å². The summed E-state index contributed by atoms with van der Waals surface area (Å²) in [6.07, 6.45) is -1.44. The number of sulfone groups is 1. The van der Waals surface area contributed by atoms with E-state index in [0.29, 0.717) is 69.8 Å². The second-order valence-electron chi connectivity index (χ2n) is 9.44. The Hall–Kier alpha value is -2.78.